The minimum absolute atomic E-state index is 0. The maximum absolute atomic E-state index is 12.5. The van der Waals surface area contributed by atoms with Gasteiger partial charge in [0, 0.05) is 74.6 Å². The quantitative estimate of drug-likeness (QED) is 0.184. The van der Waals surface area contributed by atoms with Crippen LogP contribution in [0.3, 0.4) is 0 Å². The summed E-state index contributed by atoms with van der Waals surface area (Å²) in [7, 11) is -3.87. The van der Waals surface area contributed by atoms with E-state index in [4.69, 9.17) is 6.42 Å². The van der Waals surface area contributed by atoms with Gasteiger partial charge >= 0.3 is 61.5 Å². The summed E-state index contributed by atoms with van der Waals surface area (Å²) in [5.74, 6) is 17.5. The number of aromatic nitrogens is 2. The van der Waals surface area contributed by atoms with Crippen LogP contribution >= 0.6 is 62.5 Å². The molecule has 0 spiro atoms. The molecule has 4 amide bonds. The minimum atomic E-state index is -3.65. The number of carbonyl (C=O) groups is 4. The van der Waals surface area contributed by atoms with Gasteiger partial charge < -0.3 is 20.4 Å². The zero-order chi connectivity index (χ0) is 45.1. The first-order valence-corrected chi connectivity index (χ1v) is 31.9. The van der Waals surface area contributed by atoms with E-state index >= 15 is 0 Å². The number of nitrogens with zero attached hydrogens (tertiary/aromatic N) is 4. The molecule has 2 atom stereocenters. The van der Waals surface area contributed by atoms with Gasteiger partial charge in [0.1, 0.15) is 9.49 Å². The van der Waals surface area contributed by atoms with E-state index in [1.165, 1.54) is 46.9 Å². The average molecular weight is 1230 g/mol. The Labute approximate surface area is 394 Å². The van der Waals surface area contributed by atoms with Crippen molar-refractivity contribution in [2.45, 2.75) is 77.5 Å². The van der Waals surface area contributed by atoms with Gasteiger partial charge in [-0.1, -0.05) is 47.8 Å². The van der Waals surface area contributed by atoms with Crippen LogP contribution in [0.1, 0.15) is 77.4 Å². The Hall–Kier alpha value is -2.65. The van der Waals surface area contributed by atoms with Crippen LogP contribution in [-0.2, 0) is 51.8 Å². The van der Waals surface area contributed by atoms with Crippen LogP contribution in [0.2, 0.25) is 0 Å². The molecular formula is C39H53I3N6O8S2V. The Morgan fingerprint density at radius 2 is 1.12 bits per heavy atom. The molecule has 2 aliphatic rings. The van der Waals surface area contributed by atoms with Crippen molar-refractivity contribution in [2.75, 3.05) is 44.6 Å². The molecule has 0 aromatic carbocycles. The van der Waals surface area contributed by atoms with Crippen molar-refractivity contribution in [3.05, 3.63) is 47.0 Å². The number of sulfone groups is 2. The van der Waals surface area contributed by atoms with Gasteiger partial charge in [0.2, 0.25) is 11.8 Å². The third-order valence-electron chi connectivity index (χ3n) is 9.04. The molecule has 0 unspecified atom stereocenters. The van der Waals surface area contributed by atoms with Gasteiger partial charge in [0.15, 0.2) is 19.7 Å². The fraction of sp³-hybridized carbons (Fsp3) is 0.487. The number of amides is 4. The van der Waals surface area contributed by atoms with Gasteiger partial charge in [-0.15, -0.1) is 18.3 Å². The van der Waals surface area contributed by atoms with Gasteiger partial charge in [-0.2, -0.15) is 0 Å². The molecule has 59 heavy (non-hydrogen) atoms. The molecule has 4 heterocycles. The summed E-state index contributed by atoms with van der Waals surface area (Å²) in [6.07, 6.45) is 10.6. The summed E-state index contributed by atoms with van der Waals surface area (Å²) >= 11 is 6.89. The van der Waals surface area contributed by atoms with E-state index in [2.05, 4.69) is 115 Å². The van der Waals surface area contributed by atoms with Crippen LogP contribution in [0.5, 0.6) is 0 Å². The molecular weight excluding hydrogens is 1180 g/mol. The number of carbonyl (C=O) groups excluding carboxylic acids is 4. The molecule has 0 bridgehead atoms. The van der Waals surface area contributed by atoms with Crippen molar-refractivity contribution in [2.24, 2.45) is 0 Å². The van der Waals surface area contributed by atoms with Crippen molar-refractivity contribution in [1.82, 2.24) is 29.6 Å². The molecule has 2 N–H and O–H groups in total. The topological polar surface area (TPSA) is 177 Å². The molecule has 0 saturated carbocycles. The summed E-state index contributed by atoms with van der Waals surface area (Å²) in [6.45, 7) is 9.08. The van der Waals surface area contributed by atoms with Gasteiger partial charge in [-0.05, 0) is 76.4 Å². The second-order valence-electron chi connectivity index (χ2n) is 12.6. The van der Waals surface area contributed by atoms with Gasteiger partial charge in [-0.25, -0.2) is 26.4 Å². The molecule has 0 radical (unpaired) electrons. The van der Waals surface area contributed by atoms with Crippen LogP contribution in [0.15, 0.2) is 24.5 Å². The molecule has 2 aliphatic heterocycles. The summed E-state index contributed by atoms with van der Waals surface area (Å²) in [5.41, 5.74) is 2.84. The van der Waals surface area contributed by atoms with Crippen molar-refractivity contribution in [3.8, 4) is 47.9 Å². The van der Waals surface area contributed by atoms with E-state index in [9.17, 15) is 36.0 Å². The van der Waals surface area contributed by atoms with E-state index in [1.54, 1.807) is 31.5 Å². The number of hydrogen-bond donors (Lipinski definition) is 2. The average Bonchev–Trinajstić information content (AvgIpc) is 3.94. The van der Waals surface area contributed by atoms with Crippen LogP contribution < -0.4 is 10.6 Å². The van der Waals surface area contributed by atoms with Gasteiger partial charge in [0.25, 0.3) is 0 Å². The Morgan fingerprint density at radius 3 is 1.41 bits per heavy atom. The number of fused-ring (bicyclic) bond motifs is 2. The summed E-state index contributed by atoms with van der Waals surface area (Å²) in [5, 5.41) is 4.77. The Kier molecular flexibility index (Phi) is 27.1. The summed E-state index contributed by atoms with van der Waals surface area (Å²) < 4.78 is 47.9. The molecule has 14 nitrogen and oxygen atoms in total. The standard InChI is InChI=1S/C18H21N3O4S.C15H19N3O4S.C4H6.CH3I.CH4.2HI.V/c1-5-6-7-8-14-11-15-13-20(17(23)21(15)12-14)10-9-18(2,16(22)19-3)26(4,24)25;1-5-11-8-12-10-17(14(20)18(12)9-11)7-6-15(2,13(19)16-3)23(4,21)22;1-3-4-2;1-2;;;;/h11-12H,9-10,13H2,1-4H3,(H,19,22);1,8-9H,6-7,10H2,2-4H3,(H,16,19);1-2H3;1H3;1H4;2*1H;/q;;;;;;;+2/p-2/t18-;15-;;;;;;/m11....../s1. The number of terminal acetylenes is 1. The molecule has 0 saturated heterocycles. The molecule has 0 fully saturated rings. The van der Waals surface area contributed by atoms with Crippen LogP contribution in [0.25, 0.3) is 0 Å². The molecule has 2 aromatic heterocycles. The second-order valence-corrected chi connectivity index (χ2v) is 29.3. The Morgan fingerprint density at radius 1 is 0.763 bits per heavy atom. The van der Waals surface area contributed by atoms with E-state index in [0.717, 1.165) is 23.9 Å². The van der Waals surface area contributed by atoms with Crippen molar-refractivity contribution >= 4 is 106 Å². The summed E-state index contributed by atoms with van der Waals surface area (Å²) in [6, 6.07) is 3.01. The fourth-order valence-electron chi connectivity index (χ4n) is 5.27. The first-order chi connectivity index (χ1) is 27.1. The number of alkyl halides is 1. The number of hydrogen-bond acceptors (Lipinski definition) is 8. The Balaban J connectivity index is 0. The van der Waals surface area contributed by atoms with Gasteiger partial charge in [0.05, 0.1) is 13.1 Å². The van der Waals surface area contributed by atoms with E-state index in [1.807, 2.05) is 18.8 Å². The molecule has 325 valence electrons. The second kappa shape index (κ2) is 27.3. The SMILES string of the molecule is C.C#Cc1cc2n(c1)C(=O)N(CC[C@](C)(C(=O)NC)S(C)(=O)=O)C2.CC#CC.CC#CC#Cc1cc2n(c1)C(=O)N(CC[C@](C)(C(=O)NC)S(C)(=O)=O)C2.CI.[I][V][I]. The van der Waals surface area contributed by atoms with E-state index < -0.39 is 41.0 Å². The molecule has 4 rings (SSSR count). The van der Waals surface area contributed by atoms with Crippen LogP contribution in [-0.4, -0.2) is 114 Å². The van der Waals surface area contributed by atoms with E-state index in [-0.39, 0.29) is 45.4 Å². The molecule has 2 aromatic rings. The molecule has 0 aliphatic carbocycles. The van der Waals surface area contributed by atoms with Crippen molar-refractivity contribution in [1.29, 1.82) is 0 Å². The summed E-state index contributed by atoms with van der Waals surface area (Å²) in [4.78, 5) is 53.9. The molecule has 20 heteroatoms. The first kappa shape index (κ1) is 58.4. The van der Waals surface area contributed by atoms with Gasteiger partial charge in [-0.3, -0.25) is 18.7 Å². The predicted octanol–water partition coefficient (Wildman–Crippen LogP) is 5.26. The fourth-order valence-corrected chi connectivity index (χ4v) is 7.07. The van der Waals surface area contributed by atoms with Crippen molar-refractivity contribution in [3.63, 3.8) is 0 Å². The van der Waals surface area contributed by atoms with Crippen LogP contribution in [0, 0.1) is 47.9 Å². The van der Waals surface area contributed by atoms with Crippen LogP contribution in [0.4, 0.5) is 9.59 Å². The normalized spacial score (nSPS) is 13.8. The number of rotatable bonds is 10. The predicted molar refractivity (Wildman–Crippen MR) is 257 cm³/mol. The van der Waals surface area contributed by atoms with E-state index in [0.29, 0.717) is 33.7 Å². The zero-order valence-corrected chi connectivity index (χ0v) is 43.6. The third-order valence-corrected chi connectivity index (χ3v) is 13.1. The monoisotopic (exact) mass is 1230 g/mol. The Bertz CT molecular complexity index is 2250. The number of nitrogens with one attached hydrogen (secondary N) is 2. The first-order valence-electron chi connectivity index (χ1n) is 17.0. The maximum atomic E-state index is 12.5. The third kappa shape index (κ3) is 16.0. The zero-order valence-electron chi connectivity index (χ0n) is 34.1. The van der Waals surface area contributed by atoms with Crippen molar-refractivity contribution < 1.29 is 45.5 Å². The number of halogens is 3.